The second-order valence-corrected chi connectivity index (χ2v) is 4.09. The van der Waals surface area contributed by atoms with Crippen molar-refractivity contribution in [1.82, 2.24) is 4.90 Å². The van der Waals surface area contributed by atoms with E-state index in [-0.39, 0.29) is 17.8 Å². The molecule has 0 unspecified atom stereocenters. The normalized spacial score (nSPS) is 10.5. The van der Waals surface area contributed by atoms with Crippen LogP contribution in [-0.2, 0) is 6.54 Å². The van der Waals surface area contributed by atoms with Gasteiger partial charge in [0.15, 0.2) is 11.6 Å². The highest BCUT2D eigenvalue weighted by atomic mass is 19.2. The summed E-state index contributed by atoms with van der Waals surface area (Å²) in [5.41, 5.74) is 5.35. The van der Waals surface area contributed by atoms with Gasteiger partial charge in [-0.15, -0.1) is 0 Å². The number of nitrogens with zero attached hydrogens (tertiary/aromatic N) is 1. The van der Waals surface area contributed by atoms with E-state index in [0.29, 0.717) is 5.76 Å². The lowest BCUT2D eigenvalue weighted by atomic mass is 10.1. The molecule has 2 aromatic rings. The fraction of sp³-hybridized carbons (Fsp3) is 0.154. The summed E-state index contributed by atoms with van der Waals surface area (Å²) in [7, 11) is 1.52. The van der Waals surface area contributed by atoms with Crippen molar-refractivity contribution in [3.8, 4) is 0 Å². The number of carbonyl (C=O) groups excluding carboxylic acids is 1. The maximum Gasteiger partial charge on any atom is 0.256 e. The first kappa shape index (κ1) is 13.1. The van der Waals surface area contributed by atoms with Crippen molar-refractivity contribution < 1.29 is 18.0 Å². The SMILES string of the molecule is CN(Cc1ccco1)C(=O)c1cc(F)c(F)cc1N. The van der Waals surface area contributed by atoms with Gasteiger partial charge in [0.1, 0.15) is 5.76 Å². The highest BCUT2D eigenvalue weighted by Crippen LogP contribution is 2.19. The maximum absolute atomic E-state index is 13.1. The molecule has 19 heavy (non-hydrogen) atoms. The first-order valence-electron chi connectivity index (χ1n) is 5.51. The molecule has 0 bridgehead atoms. The van der Waals surface area contributed by atoms with Crippen LogP contribution in [0.15, 0.2) is 34.9 Å². The van der Waals surface area contributed by atoms with Gasteiger partial charge in [0, 0.05) is 18.8 Å². The standard InChI is InChI=1S/C13H12F2N2O2/c1-17(7-8-3-2-4-19-8)13(18)9-5-10(14)11(15)6-12(9)16/h2-6H,7,16H2,1H3. The Morgan fingerprint density at radius 2 is 2.05 bits per heavy atom. The van der Waals surface area contributed by atoms with E-state index in [1.54, 1.807) is 12.1 Å². The highest BCUT2D eigenvalue weighted by molar-refractivity contribution is 5.98. The van der Waals surface area contributed by atoms with Gasteiger partial charge >= 0.3 is 0 Å². The highest BCUT2D eigenvalue weighted by Gasteiger charge is 2.18. The number of benzene rings is 1. The Morgan fingerprint density at radius 3 is 2.68 bits per heavy atom. The van der Waals surface area contributed by atoms with Gasteiger partial charge in [0.25, 0.3) is 5.91 Å². The largest absolute Gasteiger partial charge is 0.467 e. The van der Waals surface area contributed by atoms with E-state index in [4.69, 9.17) is 10.2 Å². The van der Waals surface area contributed by atoms with Gasteiger partial charge in [-0.3, -0.25) is 4.79 Å². The molecule has 1 aromatic carbocycles. The van der Waals surface area contributed by atoms with E-state index < -0.39 is 17.5 Å². The minimum absolute atomic E-state index is 0.0760. The summed E-state index contributed by atoms with van der Waals surface area (Å²) in [5, 5.41) is 0. The molecule has 0 atom stereocenters. The second-order valence-electron chi connectivity index (χ2n) is 4.09. The third-order valence-electron chi connectivity index (χ3n) is 2.64. The molecule has 1 amide bonds. The van der Waals surface area contributed by atoms with E-state index >= 15 is 0 Å². The first-order chi connectivity index (χ1) is 8.99. The monoisotopic (exact) mass is 266 g/mol. The molecular formula is C13H12F2N2O2. The van der Waals surface area contributed by atoms with Gasteiger partial charge in [-0.2, -0.15) is 0 Å². The molecule has 0 spiro atoms. The van der Waals surface area contributed by atoms with Crippen LogP contribution in [0, 0.1) is 11.6 Å². The van der Waals surface area contributed by atoms with E-state index in [1.807, 2.05) is 0 Å². The average molecular weight is 266 g/mol. The number of rotatable bonds is 3. The van der Waals surface area contributed by atoms with Crippen LogP contribution in [0.2, 0.25) is 0 Å². The average Bonchev–Trinajstić information content (AvgIpc) is 2.85. The fourth-order valence-electron chi connectivity index (χ4n) is 1.66. The van der Waals surface area contributed by atoms with Crippen molar-refractivity contribution in [3.05, 3.63) is 53.5 Å². The quantitative estimate of drug-likeness (QED) is 0.868. The zero-order valence-corrected chi connectivity index (χ0v) is 10.2. The van der Waals surface area contributed by atoms with Crippen LogP contribution in [0.3, 0.4) is 0 Å². The topological polar surface area (TPSA) is 59.5 Å². The Balaban J connectivity index is 2.21. The molecule has 0 aliphatic carbocycles. The number of hydrogen-bond acceptors (Lipinski definition) is 3. The molecule has 6 heteroatoms. The number of carbonyl (C=O) groups is 1. The zero-order chi connectivity index (χ0) is 14.0. The van der Waals surface area contributed by atoms with Gasteiger partial charge in [-0.25, -0.2) is 8.78 Å². The zero-order valence-electron chi connectivity index (χ0n) is 10.2. The Hall–Kier alpha value is -2.37. The van der Waals surface area contributed by atoms with Crippen molar-refractivity contribution in [3.63, 3.8) is 0 Å². The van der Waals surface area contributed by atoms with Gasteiger partial charge in [-0.05, 0) is 18.2 Å². The van der Waals surface area contributed by atoms with Crippen LogP contribution < -0.4 is 5.73 Å². The maximum atomic E-state index is 13.1. The number of halogens is 2. The molecular weight excluding hydrogens is 254 g/mol. The van der Waals surface area contributed by atoms with E-state index in [2.05, 4.69) is 0 Å². The lowest BCUT2D eigenvalue weighted by Crippen LogP contribution is -2.27. The summed E-state index contributed by atoms with van der Waals surface area (Å²) in [6, 6.07) is 4.99. The molecule has 0 aliphatic rings. The predicted molar refractivity (Wildman–Crippen MR) is 65.3 cm³/mol. The van der Waals surface area contributed by atoms with Gasteiger partial charge in [0.2, 0.25) is 0 Å². The smallest absolute Gasteiger partial charge is 0.256 e. The van der Waals surface area contributed by atoms with Crippen molar-refractivity contribution in [1.29, 1.82) is 0 Å². The number of hydrogen-bond donors (Lipinski definition) is 1. The van der Waals surface area contributed by atoms with Crippen LogP contribution in [0.25, 0.3) is 0 Å². The molecule has 0 saturated carbocycles. The summed E-state index contributed by atoms with van der Waals surface area (Å²) >= 11 is 0. The lowest BCUT2D eigenvalue weighted by Gasteiger charge is -2.17. The van der Waals surface area contributed by atoms with Crippen LogP contribution in [0.4, 0.5) is 14.5 Å². The molecule has 100 valence electrons. The van der Waals surface area contributed by atoms with Crippen LogP contribution in [-0.4, -0.2) is 17.9 Å². The third kappa shape index (κ3) is 2.73. The van der Waals surface area contributed by atoms with E-state index in [0.717, 1.165) is 12.1 Å². The molecule has 2 rings (SSSR count). The Bertz CT molecular complexity index is 597. The molecule has 4 nitrogen and oxygen atoms in total. The Morgan fingerprint density at radius 1 is 1.37 bits per heavy atom. The van der Waals surface area contributed by atoms with Crippen molar-refractivity contribution in [2.75, 3.05) is 12.8 Å². The van der Waals surface area contributed by atoms with Crippen molar-refractivity contribution in [2.45, 2.75) is 6.54 Å². The lowest BCUT2D eigenvalue weighted by molar-refractivity contribution is 0.0776. The minimum Gasteiger partial charge on any atom is -0.467 e. The summed E-state index contributed by atoms with van der Waals surface area (Å²) in [5.74, 6) is -2.11. The molecule has 0 aliphatic heterocycles. The van der Waals surface area contributed by atoms with Crippen LogP contribution in [0.1, 0.15) is 16.1 Å². The number of nitrogens with two attached hydrogens (primary N) is 1. The molecule has 1 aromatic heterocycles. The Labute approximate surface area is 108 Å². The number of furan rings is 1. The summed E-state index contributed by atoms with van der Waals surface area (Å²) < 4.78 is 31.2. The van der Waals surface area contributed by atoms with Gasteiger partial charge in [-0.1, -0.05) is 0 Å². The fourth-order valence-corrected chi connectivity index (χ4v) is 1.66. The second kappa shape index (κ2) is 5.09. The van der Waals surface area contributed by atoms with Crippen LogP contribution >= 0.6 is 0 Å². The number of anilines is 1. The molecule has 0 fully saturated rings. The number of amides is 1. The first-order valence-corrected chi connectivity index (χ1v) is 5.51. The third-order valence-corrected chi connectivity index (χ3v) is 2.64. The summed E-state index contributed by atoms with van der Waals surface area (Å²) in [6.45, 7) is 0.213. The van der Waals surface area contributed by atoms with E-state index in [1.165, 1.54) is 18.2 Å². The van der Waals surface area contributed by atoms with E-state index in [9.17, 15) is 13.6 Å². The summed E-state index contributed by atoms with van der Waals surface area (Å²) in [6.07, 6.45) is 1.49. The molecule has 2 N–H and O–H groups in total. The molecule has 0 radical (unpaired) electrons. The summed E-state index contributed by atoms with van der Waals surface area (Å²) in [4.78, 5) is 13.4. The van der Waals surface area contributed by atoms with Gasteiger partial charge < -0.3 is 15.1 Å². The molecule has 0 saturated heterocycles. The van der Waals surface area contributed by atoms with Gasteiger partial charge in [0.05, 0.1) is 18.4 Å². The van der Waals surface area contributed by atoms with Crippen molar-refractivity contribution in [2.24, 2.45) is 0 Å². The molecule has 1 heterocycles. The van der Waals surface area contributed by atoms with Crippen molar-refractivity contribution >= 4 is 11.6 Å². The Kier molecular flexibility index (Phi) is 3.50. The number of nitrogen functional groups attached to an aromatic ring is 1. The van der Waals surface area contributed by atoms with Crippen LogP contribution in [0.5, 0.6) is 0 Å². The minimum atomic E-state index is -1.11. The predicted octanol–water partition coefficient (Wildman–Crippen LogP) is 2.41.